The molecular weight excluding hydrogens is 300 g/mol. The zero-order valence-corrected chi connectivity index (χ0v) is 13.7. The van der Waals surface area contributed by atoms with Crippen molar-refractivity contribution in [2.45, 2.75) is 50.7 Å². The lowest BCUT2D eigenvalue weighted by atomic mass is 10.00. The van der Waals surface area contributed by atoms with Crippen LogP contribution >= 0.6 is 0 Å². The van der Waals surface area contributed by atoms with E-state index in [2.05, 4.69) is 5.32 Å². The summed E-state index contributed by atoms with van der Waals surface area (Å²) in [7, 11) is -6.76. The van der Waals surface area contributed by atoms with E-state index in [0.717, 1.165) is 31.9 Å². The van der Waals surface area contributed by atoms with Gasteiger partial charge in [0.2, 0.25) is 10.0 Å². The van der Waals surface area contributed by atoms with E-state index in [0.29, 0.717) is 18.6 Å². The second-order valence-electron chi connectivity index (χ2n) is 5.91. The van der Waals surface area contributed by atoms with E-state index in [1.165, 1.54) is 4.31 Å². The number of piperidine rings is 1. The molecule has 2 bridgehead atoms. The van der Waals surface area contributed by atoms with Crippen molar-refractivity contribution in [3.8, 4) is 0 Å². The van der Waals surface area contributed by atoms with Crippen LogP contribution < -0.4 is 5.32 Å². The highest BCUT2D eigenvalue weighted by atomic mass is 32.2. The van der Waals surface area contributed by atoms with E-state index in [9.17, 15) is 16.8 Å². The van der Waals surface area contributed by atoms with Gasteiger partial charge in [0.1, 0.15) is 9.84 Å². The third kappa shape index (κ3) is 3.93. The van der Waals surface area contributed by atoms with Crippen LogP contribution in [-0.2, 0) is 19.9 Å². The van der Waals surface area contributed by atoms with Gasteiger partial charge >= 0.3 is 0 Å². The molecule has 2 atom stereocenters. The average Bonchev–Trinajstić information content (AvgIpc) is 2.66. The lowest BCUT2D eigenvalue weighted by Crippen LogP contribution is -2.51. The molecule has 6 nitrogen and oxygen atoms in total. The molecule has 2 aliphatic rings. The molecule has 0 aliphatic carbocycles. The van der Waals surface area contributed by atoms with Gasteiger partial charge in [-0.25, -0.2) is 16.8 Å². The summed E-state index contributed by atoms with van der Waals surface area (Å²) in [5.41, 5.74) is 0. The molecular formula is C12H24N2O4S2. The largest absolute Gasteiger partial charge is 0.311 e. The molecule has 2 rings (SSSR count). The molecule has 2 fully saturated rings. The maximum atomic E-state index is 12.4. The van der Waals surface area contributed by atoms with Gasteiger partial charge in [0, 0.05) is 30.9 Å². The van der Waals surface area contributed by atoms with E-state index in [1.807, 2.05) is 6.92 Å². The van der Waals surface area contributed by atoms with E-state index < -0.39 is 19.9 Å². The molecule has 1 N–H and O–H groups in total. The molecule has 0 amide bonds. The summed E-state index contributed by atoms with van der Waals surface area (Å²) in [5, 5.41) is 3.49. The van der Waals surface area contributed by atoms with Crippen LogP contribution in [0.4, 0.5) is 0 Å². The first kappa shape index (κ1) is 16.2. The standard InChI is InChI=1S/C12H24N2O4S2/c1-3-14(20(17,18)7-6-19(2,15)16)12-8-10-4-5-11(9-12)13-10/h10-13H,3-9H2,1-2H3. The Morgan fingerprint density at radius 3 is 2.05 bits per heavy atom. The Bertz CT molecular complexity index is 532. The summed E-state index contributed by atoms with van der Waals surface area (Å²) in [6.07, 6.45) is 4.97. The van der Waals surface area contributed by atoms with Crippen LogP contribution in [0.5, 0.6) is 0 Å². The Morgan fingerprint density at radius 2 is 1.60 bits per heavy atom. The predicted molar refractivity (Wildman–Crippen MR) is 78.8 cm³/mol. The molecule has 0 aromatic rings. The van der Waals surface area contributed by atoms with Crippen LogP contribution in [0.25, 0.3) is 0 Å². The number of hydrogen-bond acceptors (Lipinski definition) is 5. The molecule has 20 heavy (non-hydrogen) atoms. The molecule has 8 heteroatoms. The molecule has 0 aromatic heterocycles. The monoisotopic (exact) mass is 324 g/mol. The summed E-state index contributed by atoms with van der Waals surface area (Å²) in [5.74, 6) is -0.609. The Hall–Kier alpha value is -0.180. The van der Waals surface area contributed by atoms with Gasteiger partial charge in [0.05, 0.1) is 11.5 Å². The van der Waals surface area contributed by atoms with Gasteiger partial charge in [-0.05, 0) is 25.7 Å². The van der Waals surface area contributed by atoms with E-state index in [4.69, 9.17) is 0 Å². The highest BCUT2D eigenvalue weighted by molar-refractivity contribution is 7.93. The summed E-state index contributed by atoms with van der Waals surface area (Å²) >= 11 is 0. The average molecular weight is 324 g/mol. The smallest absolute Gasteiger partial charge is 0.215 e. The quantitative estimate of drug-likeness (QED) is 0.741. The maximum Gasteiger partial charge on any atom is 0.215 e. The molecule has 0 spiro atoms. The number of hydrogen-bond donors (Lipinski definition) is 1. The Kier molecular flexibility index (Phi) is 4.78. The minimum absolute atomic E-state index is 0.0170. The molecule has 2 saturated heterocycles. The van der Waals surface area contributed by atoms with Gasteiger partial charge in [-0.2, -0.15) is 4.31 Å². The van der Waals surface area contributed by atoms with E-state index in [-0.39, 0.29) is 17.5 Å². The van der Waals surface area contributed by atoms with Gasteiger partial charge in [0.15, 0.2) is 0 Å². The normalized spacial score (nSPS) is 30.9. The first-order chi connectivity index (χ1) is 9.21. The summed E-state index contributed by atoms with van der Waals surface area (Å²) in [4.78, 5) is 0. The van der Waals surface area contributed by atoms with Gasteiger partial charge in [-0.1, -0.05) is 6.92 Å². The van der Waals surface area contributed by atoms with Crippen molar-refractivity contribution in [1.29, 1.82) is 0 Å². The van der Waals surface area contributed by atoms with E-state index >= 15 is 0 Å². The van der Waals surface area contributed by atoms with Crippen LogP contribution in [0, 0.1) is 0 Å². The molecule has 118 valence electrons. The zero-order valence-electron chi connectivity index (χ0n) is 12.1. The number of fused-ring (bicyclic) bond motifs is 2. The number of nitrogens with zero attached hydrogens (tertiary/aromatic N) is 1. The highest BCUT2D eigenvalue weighted by Gasteiger charge is 2.39. The second kappa shape index (κ2) is 5.90. The third-order valence-electron chi connectivity index (χ3n) is 4.24. The van der Waals surface area contributed by atoms with Crippen LogP contribution in [0.2, 0.25) is 0 Å². The maximum absolute atomic E-state index is 12.4. The van der Waals surface area contributed by atoms with Gasteiger partial charge in [-0.3, -0.25) is 0 Å². The topological polar surface area (TPSA) is 83.6 Å². The van der Waals surface area contributed by atoms with Crippen LogP contribution in [-0.4, -0.2) is 63.6 Å². The zero-order chi connectivity index (χ0) is 15.0. The molecule has 0 aromatic carbocycles. The summed E-state index contributed by atoms with van der Waals surface area (Å²) in [6, 6.07) is 0.846. The summed E-state index contributed by atoms with van der Waals surface area (Å²) in [6.45, 7) is 2.23. The lowest BCUT2D eigenvalue weighted by molar-refractivity contribution is 0.232. The summed E-state index contributed by atoms with van der Waals surface area (Å²) < 4.78 is 48.7. The number of nitrogens with one attached hydrogen (secondary N) is 1. The van der Waals surface area contributed by atoms with Crippen molar-refractivity contribution in [3.63, 3.8) is 0 Å². The van der Waals surface area contributed by atoms with Crippen molar-refractivity contribution in [1.82, 2.24) is 9.62 Å². The van der Waals surface area contributed by atoms with Crippen molar-refractivity contribution in [2.24, 2.45) is 0 Å². The first-order valence-electron chi connectivity index (χ1n) is 7.14. The van der Waals surface area contributed by atoms with Crippen molar-refractivity contribution in [3.05, 3.63) is 0 Å². The number of sulfonamides is 1. The SMILES string of the molecule is CCN(C1CC2CCC(C1)N2)S(=O)(=O)CCS(C)(=O)=O. The van der Waals surface area contributed by atoms with Crippen molar-refractivity contribution >= 4 is 19.9 Å². The number of sulfone groups is 1. The highest BCUT2D eigenvalue weighted by Crippen LogP contribution is 2.30. The fourth-order valence-corrected chi connectivity index (χ4v) is 6.63. The van der Waals surface area contributed by atoms with Gasteiger partial charge < -0.3 is 5.32 Å². The number of rotatable bonds is 6. The van der Waals surface area contributed by atoms with Crippen LogP contribution in [0.15, 0.2) is 0 Å². The Balaban J connectivity index is 2.07. The van der Waals surface area contributed by atoms with Crippen LogP contribution in [0.3, 0.4) is 0 Å². The lowest BCUT2D eigenvalue weighted by Gasteiger charge is -2.36. The fourth-order valence-electron chi connectivity index (χ4n) is 3.32. The molecule has 0 saturated carbocycles. The minimum atomic E-state index is -3.50. The Labute approximate surface area is 121 Å². The molecule has 2 aliphatic heterocycles. The van der Waals surface area contributed by atoms with Crippen LogP contribution in [0.1, 0.15) is 32.6 Å². The van der Waals surface area contributed by atoms with Crippen molar-refractivity contribution in [2.75, 3.05) is 24.3 Å². The van der Waals surface area contributed by atoms with Gasteiger partial charge in [-0.15, -0.1) is 0 Å². The molecule has 2 unspecified atom stereocenters. The molecule has 2 heterocycles. The third-order valence-corrected chi connectivity index (χ3v) is 7.43. The second-order valence-corrected chi connectivity index (χ2v) is 10.2. The van der Waals surface area contributed by atoms with E-state index in [1.54, 1.807) is 0 Å². The van der Waals surface area contributed by atoms with Gasteiger partial charge in [0.25, 0.3) is 0 Å². The first-order valence-corrected chi connectivity index (χ1v) is 10.8. The minimum Gasteiger partial charge on any atom is -0.311 e. The fraction of sp³-hybridized carbons (Fsp3) is 1.00. The molecule has 0 radical (unpaired) electrons. The predicted octanol–water partition coefficient (Wildman–Crippen LogP) is -0.0343. The Morgan fingerprint density at radius 1 is 1.05 bits per heavy atom. The van der Waals surface area contributed by atoms with Crippen molar-refractivity contribution < 1.29 is 16.8 Å².